The predicted octanol–water partition coefficient (Wildman–Crippen LogP) is 4.44. The van der Waals surface area contributed by atoms with Crippen molar-refractivity contribution in [3.8, 4) is 5.75 Å². The summed E-state index contributed by atoms with van der Waals surface area (Å²) in [7, 11) is 1.65. The molecule has 1 amide bonds. The number of carbonyl (C=O) groups is 1. The van der Waals surface area contributed by atoms with E-state index in [1.807, 2.05) is 65.6 Å². The van der Waals surface area contributed by atoms with Crippen LogP contribution >= 0.6 is 0 Å². The maximum atomic E-state index is 13.0. The van der Waals surface area contributed by atoms with Gasteiger partial charge in [-0.1, -0.05) is 60.7 Å². The lowest BCUT2D eigenvalue weighted by Crippen LogP contribution is -2.28. The van der Waals surface area contributed by atoms with Gasteiger partial charge in [-0.15, -0.1) is 0 Å². The molecule has 0 radical (unpaired) electrons. The van der Waals surface area contributed by atoms with Crippen LogP contribution in [0.5, 0.6) is 5.75 Å². The largest absolute Gasteiger partial charge is 0.497 e. The number of hydrogen-bond donors (Lipinski definition) is 0. The van der Waals surface area contributed by atoms with E-state index in [-0.39, 0.29) is 11.9 Å². The Balaban J connectivity index is 1.73. The third-order valence-corrected chi connectivity index (χ3v) is 4.69. The number of fused-ring (bicyclic) bond motifs is 1. The molecule has 1 unspecified atom stereocenters. The Labute approximate surface area is 147 Å². The molecule has 3 heteroatoms. The normalized spacial score (nSPS) is 16.0. The van der Waals surface area contributed by atoms with Crippen molar-refractivity contribution in [2.75, 3.05) is 7.11 Å². The van der Waals surface area contributed by atoms with Crippen molar-refractivity contribution in [1.29, 1.82) is 0 Å². The van der Waals surface area contributed by atoms with Crippen LogP contribution in [0.15, 0.2) is 78.9 Å². The fraction of sp³-hybridized carbons (Fsp3) is 0.136. The molecule has 25 heavy (non-hydrogen) atoms. The third-order valence-electron chi connectivity index (χ3n) is 4.69. The van der Waals surface area contributed by atoms with Crippen LogP contribution in [-0.2, 0) is 6.54 Å². The zero-order valence-corrected chi connectivity index (χ0v) is 14.1. The second kappa shape index (κ2) is 6.44. The summed E-state index contributed by atoms with van der Waals surface area (Å²) in [5.74, 6) is 0.902. The molecule has 1 aliphatic heterocycles. The molecule has 0 saturated carbocycles. The van der Waals surface area contributed by atoms with E-state index in [0.717, 1.165) is 28.0 Å². The molecule has 3 nitrogen and oxygen atoms in total. The Kier molecular flexibility index (Phi) is 3.98. The van der Waals surface area contributed by atoms with Crippen LogP contribution in [0.1, 0.15) is 33.1 Å². The van der Waals surface area contributed by atoms with E-state index in [0.29, 0.717) is 6.54 Å². The van der Waals surface area contributed by atoms with Gasteiger partial charge in [0.15, 0.2) is 0 Å². The highest BCUT2D eigenvalue weighted by atomic mass is 16.5. The molecule has 1 atom stereocenters. The summed E-state index contributed by atoms with van der Waals surface area (Å²) in [6, 6.07) is 25.9. The topological polar surface area (TPSA) is 29.5 Å². The first-order valence-electron chi connectivity index (χ1n) is 8.35. The van der Waals surface area contributed by atoms with Crippen LogP contribution in [0.3, 0.4) is 0 Å². The molecule has 1 heterocycles. The number of amides is 1. The molecule has 0 aliphatic carbocycles. The van der Waals surface area contributed by atoms with Crippen LogP contribution in [0.2, 0.25) is 0 Å². The van der Waals surface area contributed by atoms with Gasteiger partial charge in [0.25, 0.3) is 5.91 Å². The molecular weight excluding hydrogens is 310 g/mol. The molecule has 0 aromatic heterocycles. The van der Waals surface area contributed by atoms with Crippen LogP contribution in [0.4, 0.5) is 0 Å². The van der Waals surface area contributed by atoms with Crippen molar-refractivity contribution in [1.82, 2.24) is 4.90 Å². The molecule has 0 bridgehead atoms. The summed E-state index contributed by atoms with van der Waals surface area (Å²) >= 11 is 0. The van der Waals surface area contributed by atoms with E-state index in [1.54, 1.807) is 7.11 Å². The Bertz CT molecular complexity index is 887. The molecule has 3 aromatic carbocycles. The van der Waals surface area contributed by atoms with E-state index in [1.165, 1.54) is 0 Å². The molecule has 3 aromatic rings. The summed E-state index contributed by atoms with van der Waals surface area (Å²) in [5.41, 5.74) is 4.09. The van der Waals surface area contributed by atoms with Gasteiger partial charge in [-0.2, -0.15) is 0 Å². The summed E-state index contributed by atoms with van der Waals surface area (Å²) < 4.78 is 5.22. The lowest BCUT2D eigenvalue weighted by molar-refractivity contribution is 0.0736. The summed E-state index contributed by atoms with van der Waals surface area (Å²) in [6.07, 6.45) is 0. The zero-order valence-electron chi connectivity index (χ0n) is 14.1. The highest BCUT2D eigenvalue weighted by molar-refractivity contribution is 5.99. The Morgan fingerprint density at radius 3 is 2.28 bits per heavy atom. The number of carbonyl (C=O) groups excluding carboxylic acids is 1. The van der Waals surface area contributed by atoms with E-state index < -0.39 is 0 Å². The van der Waals surface area contributed by atoms with E-state index in [4.69, 9.17) is 4.74 Å². The lowest BCUT2D eigenvalue weighted by Gasteiger charge is -2.26. The Morgan fingerprint density at radius 1 is 0.880 bits per heavy atom. The minimum absolute atomic E-state index is 0.0491. The monoisotopic (exact) mass is 329 g/mol. The van der Waals surface area contributed by atoms with Crippen LogP contribution < -0.4 is 4.74 Å². The summed E-state index contributed by atoms with van der Waals surface area (Å²) in [5, 5.41) is 0. The molecule has 0 saturated heterocycles. The Hall–Kier alpha value is -3.07. The fourth-order valence-corrected chi connectivity index (χ4v) is 3.46. The number of ether oxygens (including phenoxy) is 1. The fourth-order valence-electron chi connectivity index (χ4n) is 3.46. The van der Waals surface area contributed by atoms with Crippen molar-refractivity contribution in [2.24, 2.45) is 0 Å². The van der Waals surface area contributed by atoms with Gasteiger partial charge < -0.3 is 9.64 Å². The number of hydrogen-bond acceptors (Lipinski definition) is 2. The smallest absolute Gasteiger partial charge is 0.255 e. The number of nitrogens with zero attached hydrogens (tertiary/aromatic N) is 1. The zero-order chi connectivity index (χ0) is 17.2. The number of rotatable bonds is 4. The maximum absolute atomic E-state index is 13.0. The summed E-state index contributed by atoms with van der Waals surface area (Å²) in [4.78, 5) is 15.0. The van der Waals surface area contributed by atoms with Crippen molar-refractivity contribution >= 4 is 5.91 Å². The second-order valence-electron chi connectivity index (χ2n) is 6.18. The van der Waals surface area contributed by atoms with Gasteiger partial charge in [0.1, 0.15) is 5.75 Å². The van der Waals surface area contributed by atoms with E-state index in [9.17, 15) is 4.79 Å². The molecule has 4 rings (SSSR count). The predicted molar refractivity (Wildman–Crippen MR) is 97.6 cm³/mol. The Morgan fingerprint density at radius 2 is 1.56 bits per heavy atom. The molecular formula is C22H19NO2. The SMILES string of the molecule is COc1ccc(CN2C(=O)c3ccccc3C2c2ccccc2)cc1. The van der Waals surface area contributed by atoms with Gasteiger partial charge in [0.2, 0.25) is 0 Å². The van der Waals surface area contributed by atoms with Crippen LogP contribution in [0.25, 0.3) is 0 Å². The first kappa shape index (κ1) is 15.5. The van der Waals surface area contributed by atoms with Gasteiger partial charge >= 0.3 is 0 Å². The maximum Gasteiger partial charge on any atom is 0.255 e. The number of methoxy groups -OCH3 is 1. The van der Waals surface area contributed by atoms with Gasteiger partial charge in [-0.25, -0.2) is 0 Å². The average Bonchev–Trinajstić information content (AvgIpc) is 2.95. The van der Waals surface area contributed by atoms with Gasteiger partial charge in [-0.05, 0) is 34.9 Å². The minimum Gasteiger partial charge on any atom is -0.497 e. The van der Waals surface area contributed by atoms with Crippen molar-refractivity contribution in [2.45, 2.75) is 12.6 Å². The van der Waals surface area contributed by atoms with Crippen molar-refractivity contribution < 1.29 is 9.53 Å². The van der Waals surface area contributed by atoms with E-state index in [2.05, 4.69) is 18.2 Å². The first-order chi connectivity index (χ1) is 12.3. The van der Waals surface area contributed by atoms with Crippen molar-refractivity contribution in [3.63, 3.8) is 0 Å². The third kappa shape index (κ3) is 2.78. The van der Waals surface area contributed by atoms with Gasteiger partial charge in [0, 0.05) is 12.1 Å². The first-order valence-corrected chi connectivity index (χ1v) is 8.35. The molecule has 0 spiro atoms. The molecule has 0 N–H and O–H groups in total. The highest BCUT2D eigenvalue weighted by Gasteiger charge is 2.37. The molecule has 124 valence electrons. The van der Waals surface area contributed by atoms with Crippen LogP contribution in [-0.4, -0.2) is 17.9 Å². The molecule has 0 fully saturated rings. The average molecular weight is 329 g/mol. The van der Waals surface area contributed by atoms with E-state index >= 15 is 0 Å². The lowest BCUT2D eigenvalue weighted by atomic mass is 9.98. The van der Waals surface area contributed by atoms with Crippen LogP contribution in [0, 0.1) is 0 Å². The summed E-state index contributed by atoms with van der Waals surface area (Å²) in [6.45, 7) is 0.567. The number of benzene rings is 3. The second-order valence-corrected chi connectivity index (χ2v) is 6.18. The highest BCUT2D eigenvalue weighted by Crippen LogP contribution is 2.39. The minimum atomic E-state index is -0.0491. The van der Waals surface area contributed by atoms with Crippen molar-refractivity contribution in [3.05, 3.63) is 101 Å². The van der Waals surface area contributed by atoms with Gasteiger partial charge in [-0.3, -0.25) is 4.79 Å². The molecule has 1 aliphatic rings. The quantitative estimate of drug-likeness (QED) is 0.708. The standard InChI is InChI=1S/C22H19NO2/c1-25-18-13-11-16(12-14-18)15-23-21(17-7-3-2-4-8-17)19-9-5-6-10-20(19)22(23)24/h2-14,21H,15H2,1H3. The van der Waals surface area contributed by atoms with Gasteiger partial charge in [0.05, 0.1) is 13.2 Å².